The van der Waals surface area contributed by atoms with E-state index in [0.29, 0.717) is 21.4 Å². The minimum absolute atomic E-state index is 0.238. The highest BCUT2D eigenvalue weighted by Crippen LogP contribution is 2.26. The largest absolute Gasteiger partial charge is 0.619 e. The Morgan fingerprint density at radius 1 is 1.00 bits per heavy atom. The van der Waals surface area contributed by atoms with E-state index < -0.39 is 5.92 Å². The number of halogens is 2. The number of carbonyl (C=O) groups excluding carboxylic acids is 1. The molecular formula is C20H16Cl2N2O2. The molecule has 0 fully saturated rings. The molecule has 0 saturated heterocycles. The Balaban J connectivity index is 1.90. The van der Waals surface area contributed by atoms with Crippen LogP contribution < -0.4 is 10.0 Å². The van der Waals surface area contributed by atoms with E-state index >= 15 is 0 Å². The normalized spacial score (nSPS) is 11.8. The second-order valence-electron chi connectivity index (χ2n) is 5.83. The molecule has 1 N–H and O–H groups in total. The molecule has 2 aromatic carbocycles. The molecule has 132 valence electrons. The number of carbonyl (C=O) groups is 1. The third-order valence-electron chi connectivity index (χ3n) is 3.97. The monoisotopic (exact) mass is 386 g/mol. The van der Waals surface area contributed by atoms with Crippen molar-refractivity contribution in [2.24, 2.45) is 0 Å². The van der Waals surface area contributed by atoms with Crippen LogP contribution in [0.1, 0.15) is 17.2 Å². The van der Waals surface area contributed by atoms with Gasteiger partial charge in [-0.25, -0.2) is 0 Å². The minimum Gasteiger partial charge on any atom is -0.619 e. The van der Waals surface area contributed by atoms with Gasteiger partial charge in [0, 0.05) is 34.3 Å². The molecule has 1 unspecified atom stereocenters. The summed E-state index contributed by atoms with van der Waals surface area (Å²) in [4.78, 5) is 12.9. The number of hydrogen-bond donors (Lipinski definition) is 1. The molecule has 0 saturated carbocycles. The number of hydrogen-bond acceptors (Lipinski definition) is 2. The highest BCUT2D eigenvalue weighted by molar-refractivity contribution is 6.35. The molecule has 3 rings (SSSR count). The van der Waals surface area contributed by atoms with Gasteiger partial charge in [-0.3, -0.25) is 4.79 Å². The van der Waals surface area contributed by atoms with Crippen molar-refractivity contribution in [3.8, 4) is 0 Å². The molecule has 3 aromatic rings. The first-order valence-corrected chi connectivity index (χ1v) is 8.77. The number of nitrogens with one attached hydrogen (secondary N) is 1. The second-order valence-corrected chi connectivity index (χ2v) is 6.71. The summed E-state index contributed by atoms with van der Waals surface area (Å²) >= 11 is 12.0. The van der Waals surface area contributed by atoms with Gasteiger partial charge in [0.15, 0.2) is 11.9 Å². The summed E-state index contributed by atoms with van der Waals surface area (Å²) in [5, 5.41) is 15.7. The first kappa shape index (κ1) is 18.2. The zero-order valence-corrected chi connectivity index (χ0v) is 15.2. The van der Waals surface area contributed by atoms with E-state index in [4.69, 9.17) is 23.2 Å². The fraction of sp³-hybridized carbons (Fsp3) is 0.100. The van der Waals surface area contributed by atoms with Crippen molar-refractivity contribution < 1.29 is 9.52 Å². The Hall–Kier alpha value is -2.56. The molecule has 4 nitrogen and oxygen atoms in total. The lowest BCUT2D eigenvalue weighted by Crippen LogP contribution is -2.34. The minimum atomic E-state index is -0.531. The number of benzene rings is 2. The topological polar surface area (TPSA) is 56.0 Å². The van der Waals surface area contributed by atoms with Crippen molar-refractivity contribution in [1.82, 2.24) is 0 Å². The van der Waals surface area contributed by atoms with Crippen LogP contribution in [0.5, 0.6) is 0 Å². The zero-order chi connectivity index (χ0) is 18.5. The lowest BCUT2D eigenvalue weighted by molar-refractivity contribution is -0.614. The SMILES string of the molecule is O=C(Nc1cc(Cl)cc(Cl)c1)C(Cc1cccc[n+]1[O-])c1ccccc1. The summed E-state index contributed by atoms with van der Waals surface area (Å²) in [5.41, 5.74) is 1.85. The van der Waals surface area contributed by atoms with E-state index in [-0.39, 0.29) is 12.3 Å². The smallest absolute Gasteiger partial charge is 0.232 e. The number of amides is 1. The van der Waals surface area contributed by atoms with Crippen LogP contribution in [0.25, 0.3) is 0 Å². The maximum Gasteiger partial charge on any atom is 0.232 e. The van der Waals surface area contributed by atoms with Gasteiger partial charge in [0.25, 0.3) is 0 Å². The van der Waals surface area contributed by atoms with Gasteiger partial charge < -0.3 is 10.5 Å². The molecule has 0 radical (unpaired) electrons. The van der Waals surface area contributed by atoms with Crippen molar-refractivity contribution in [2.45, 2.75) is 12.3 Å². The molecule has 26 heavy (non-hydrogen) atoms. The number of nitrogens with zero attached hydrogens (tertiary/aromatic N) is 1. The Morgan fingerprint density at radius 2 is 1.65 bits per heavy atom. The van der Waals surface area contributed by atoms with Crippen LogP contribution in [0.3, 0.4) is 0 Å². The van der Waals surface area contributed by atoms with E-state index in [1.54, 1.807) is 36.4 Å². The quantitative estimate of drug-likeness (QED) is 0.514. The summed E-state index contributed by atoms with van der Waals surface area (Å²) in [6.07, 6.45) is 1.69. The molecule has 6 heteroatoms. The van der Waals surface area contributed by atoms with E-state index in [9.17, 15) is 10.0 Å². The Kier molecular flexibility index (Phi) is 5.76. The number of rotatable bonds is 5. The summed E-state index contributed by atoms with van der Waals surface area (Å²) < 4.78 is 0.777. The van der Waals surface area contributed by atoms with Crippen molar-refractivity contribution in [3.05, 3.63) is 99.4 Å². The molecule has 0 aliphatic heterocycles. The van der Waals surface area contributed by atoms with Crippen molar-refractivity contribution in [1.29, 1.82) is 0 Å². The first-order valence-electron chi connectivity index (χ1n) is 8.02. The lowest BCUT2D eigenvalue weighted by Gasteiger charge is -2.17. The third kappa shape index (κ3) is 4.54. The van der Waals surface area contributed by atoms with E-state index in [0.717, 1.165) is 10.3 Å². The van der Waals surface area contributed by atoms with E-state index in [2.05, 4.69) is 5.32 Å². The Bertz CT molecular complexity index is 896. The third-order valence-corrected chi connectivity index (χ3v) is 4.40. The van der Waals surface area contributed by atoms with Crippen LogP contribution in [0.15, 0.2) is 72.9 Å². The van der Waals surface area contributed by atoms with Gasteiger partial charge in [0.2, 0.25) is 5.91 Å². The highest BCUT2D eigenvalue weighted by Gasteiger charge is 2.24. The first-order chi connectivity index (χ1) is 12.5. The molecule has 0 spiro atoms. The van der Waals surface area contributed by atoms with Gasteiger partial charge >= 0.3 is 0 Å². The predicted octanol–water partition coefficient (Wildman–Crippen LogP) is 4.59. The molecule has 0 aliphatic carbocycles. The maximum absolute atomic E-state index is 12.9. The molecular weight excluding hydrogens is 371 g/mol. The fourth-order valence-corrected chi connectivity index (χ4v) is 3.26. The van der Waals surface area contributed by atoms with Crippen LogP contribution in [0.2, 0.25) is 10.0 Å². The molecule has 0 aliphatic rings. The average molecular weight is 387 g/mol. The fourth-order valence-electron chi connectivity index (χ4n) is 2.73. The van der Waals surface area contributed by atoms with Gasteiger partial charge in [-0.1, -0.05) is 59.6 Å². The van der Waals surface area contributed by atoms with Gasteiger partial charge in [-0.2, -0.15) is 4.73 Å². The maximum atomic E-state index is 12.9. The van der Waals surface area contributed by atoms with Crippen LogP contribution in [0, 0.1) is 5.21 Å². The Labute approximate surface area is 161 Å². The predicted molar refractivity (Wildman–Crippen MR) is 103 cm³/mol. The molecule has 1 amide bonds. The number of aromatic nitrogens is 1. The molecule has 1 atom stereocenters. The molecule has 1 aromatic heterocycles. The molecule has 1 heterocycles. The average Bonchev–Trinajstić information content (AvgIpc) is 2.60. The van der Waals surface area contributed by atoms with Crippen LogP contribution in [-0.4, -0.2) is 5.91 Å². The van der Waals surface area contributed by atoms with Gasteiger partial charge in [-0.15, -0.1) is 0 Å². The standard InChI is InChI=1S/C20H16Cl2N2O2/c21-15-10-16(22)12-17(11-15)23-20(25)19(14-6-2-1-3-7-14)13-18-8-4-5-9-24(18)26/h1-12,19H,13H2,(H,23,25). The van der Waals surface area contributed by atoms with E-state index in [1.807, 2.05) is 30.3 Å². The van der Waals surface area contributed by atoms with Gasteiger partial charge in [0.1, 0.15) is 0 Å². The number of pyridine rings is 1. The Morgan fingerprint density at radius 3 is 2.31 bits per heavy atom. The summed E-state index contributed by atoms with van der Waals surface area (Å²) in [6.45, 7) is 0. The molecule has 0 bridgehead atoms. The van der Waals surface area contributed by atoms with Crippen LogP contribution in [0.4, 0.5) is 5.69 Å². The van der Waals surface area contributed by atoms with Crippen LogP contribution >= 0.6 is 23.2 Å². The summed E-state index contributed by atoms with van der Waals surface area (Å²) in [7, 11) is 0. The lowest BCUT2D eigenvalue weighted by atomic mass is 9.93. The van der Waals surface area contributed by atoms with Gasteiger partial charge in [-0.05, 0) is 23.8 Å². The van der Waals surface area contributed by atoms with Crippen molar-refractivity contribution in [2.75, 3.05) is 5.32 Å². The van der Waals surface area contributed by atoms with Gasteiger partial charge in [0.05, 0.1) is 5.92 Å². The highest BCUT2D eigenvalue weighted by atomic mass is 35.5. The van der Waals surface area contributed by atoms with Crippen LogP contribution in [-0.2, 0) is 11.2 Å². The summed E-state index contributed by atoms with van der Waals surface area (Å²) in [5.74, 6) is -0.769. The summed E-state index contributed by atoms with van der Waals surface area (Å²) in [6, 6.07) is 19.3. The second kappa shape index (κ2) is 8.21. The zero-order valence-electron chi connectivity index (χ0n) is 13.7. The van der Waals surface area contributed by atoms with Crippen molar-refractivity contribution in [3.63, 3.8) is 0 Å². The van der Waals surface area contributed by atoms with Crippen molar-refractivity contribution >= 4 is 34.8 Å². The van der Waals surface area contributed by atoms with E-state index in [1.165, 1.54) is 6.20 Å². The number of anilines is 1.